The molecule has 2 nitrogen and oxygen atoms in total. The maximum Gasteiger partial charge on any atom is 0.416 e. The third-order valence-corrected chi connectivity index (χ3v) is 4.79. The van der Waals surface area contributed by atoms with Gasteiger partial charge >= 0.3 is 6.18 Å². The number of rotatable bonds is 2. The van der Waals surface area contributed by atoms with Gasteiger partial charge in [-0.2, -0.15) is 18.4 Å². The van der Waals surface area contributed by atoms with Gasteiger partial charge in [-0.1, -0.05) is 28.1 Å². The first kappa shape index (κ1) is 16.7. The SMILES string of the molecule is N#CC(=Cc1cccc(Br)c1)c1nc2cc(C(F)(F)F)ccc2s1. The van der Waals surface area contributed by atoms with Crippen LogP contribution in [0.15, 0.2) is 46.9 Å². The molecule has 0 unspecified atom stereocenters. The normalized spacial score (nSPS) is 12.4. The molecule has 7 heteroatoms. The molecule has 0 saturated carbocycles. The van der Waals surface area contributed by atoms with Gasteiger partial charge in [0.05, 0.1) is 21.4 Å². The van der Waals surface area contributed by atoms with Gasteiger partial charge in [0, 0.05) is 4.47 Å². The number of benzene rings is 2. The Kier molecular flexibility index (Phi) is 4.43. The van der Waals surface area contributed by atoms with E-state index in [4.69, 9.17) is 0 Å². The van der Waals surface area contributed by atoms with Crippen molar-refractivity contribution >= 4 is 49.1 Å². The second kappa shape index (κ2) is 6.38. The molecule has 1 heterocycles. The van der Waals surface area contributed by atoms with E-state index in [1.807, 2.05) is 24.3 Å². The minimum absolute atomic E-state index is 0.236. The van der Waals surface area contributed by atoms with Gasteiger partial charge in [0.25, 0.3) is 0 Å². The maximum atomic E-state index is 12.8. The Morgan fingerprint density at radius 2 is 2.00 bits per heavy atom. The van der Waals surface area contributed by atoms with Crippen molar-refractivity contribution < 1.29 is 13.2 Å². The maximum absolute atomic E-state index is 12.8. The van der Waals surface area contributed by atoms with Crippen molar-refractivity contribution in [3.8, 4) is 6.07 Å². The lowest BCUT2D eigenvalue weighted by Crippen LogP contribution is -2.03. The van der Waals surface area contributed by atoms with Gasteiger partial charge in [-0.15, -0.1) is 11.3 Å². The van der Waals surface area contributed by atoms with E-state index >= 15 is 0 Å². The number of thiazole rings is 1. The zero-order valence-electron chi connectivity index (χ0n) is 11.9. The van der Waals surface area contributed by atoms with Crippen LogP contribution < -0.4 is 0 Å². The van der Waals surface area contributed by atoms with Crippen LogP contribution in [0.5, 0.6) is 0 Å². The van der Waals surface area contributed by atoms with Crippen molar-refractivity contribution in [2.45, 2.75) is 6.18 Å². The average Bonchev–Trinajstić information content (AvgIpc) is 2.94. The molecule has 0 aliphatic rings. The molecule has 0 spiro atoms. The van der Waals surface area contributed by atoms with Gasteiger partial charge in [-0.3, -0.25) is 0 Å². The predicted octanol–water partition coefficient (Wildman–Crippen LogP) is 6.14. The first-order valence-electron chi connectivity index (χ1n) is 6.72. The van der Waals surface area contributed by atoms with E-state index < -0.39 is 11.7 Å². The Balaban J connectivity index is 2.06. The second-order valence-electron chi connectivity index (χ2n) is 4.92. The summed E-state index contributed by atoms with van der Waals surface area (Å²) in [6.45, 7) is 0. The van der Waals surface area contributed by atoms with Crippen molar-refractivity contribution in [1.82, 2.24) is 4.98 Å². The highest BCUT2D eigenvalue weighted by molar-refractivity contribution is 9.10. The molecule has 0 radical (unpaired) electrons. The number of fused-ring (bicyclic) bond motifs is 1. The molecule has 0 saturated heterocycles. The van der Waals surface area contributed by atoms with Crippen LogP contribution in [0.1, 0.15) is 16.1 Å². The van der Waals surface area contributed by atoms with Gasteiger partial charge < -0.3 is 0 Å². The van der Waals surface area contributed by atoms with E-state index in [1.165, 1.54) is 17.4 Å². The molecule has 0 bridgehead atoms. The summed E-state index contributed by atoms with van der Waals surface area (Å²) in [5, 5.41) is 9.77. The minimum Gasteiger partial charge on any atom is -0.235 e. The molecular formula is C17H8BrF3N2S. The van der Waals surface area contributed by atoms with Crippen LogP contribution in [0.3, 0.4) is 0 Å². The Hall–Kier alpha value is -2.17. The first-order valence-corrected chi connectivity index (χ1v) is 8.33. The van der Waals surface area contributed by atoms with Gasteiger partial charge in [-0.05, 0) is 42.0 Å². The van der Waals surface area contributed by atoms with E-state index in [2.05, 4.69) is 27.0 Å². The summed E-state index contributed by atoms with van der Waals surface area (Å²) >= 11 is 4.54. The lowest BCUT2D eigenvalue weighted by molar-refractivity contribution is -0.137. The van der Waals surface area contributed by atoms with Crippen LogP contribution >= 0.6 is 27.3 Å². The summed E-state index contributed by atoms with van der Waals surface area (Å²) in [5.41, 5.74) is 0.598. The smallest absolute Gasteiger partial charge is 0.235 e. The molecule has 24 heavy (non-hydrogen) atoms. The van der Waals surface area contributed by atoms with E-state index in [1.54, 1.807) is 6.08 Å². The molecule has 120 valence electrons. The van der Waals surface area contributed by atoms with Crippen molar-refractivity contribution in [2.75, 3.05) is 0 Å². The lowest BCUT2D eigenvalue weighted by Gasteiger charge is -2.04. The topological polar surface area (TPSA) is 36.7 Å². The number of alkyl halides is 3. The molecule has 0 fully saturated rings. The number of allylic oxidation sites excluding steroid dienone is 1. The van der Waals surface area contributed by atoms with Gasteiger partial charge in [0.1, 0.15) is 11.1 Å². The fourth-order valence-electron chi connectivity index (χ4n) is 2.12. The average molecular weight is 409 g/mol. The molecule has 0 aliphatic carbocycles. The number of nitrogens with zero attached hydrogens (tertiary/aromatic N) is 2. The zero-order valence-corrected chi connectivity index (χ0v) is 14.3. The Morgan fingerprint density at radius 3 is 2.67 bits per heavy atom. The second-order valence-corrected chi connectivity index (χ2v) is 6.87. The summed E-state index contributed by atoms with van der Waals surface area (Å²) in [4.78, 5) is 4.19. The van der Waals surface area contributed by atoms with E-state index in [-0.39, 0.29) is 5.52 Å². The summed E-state index contributed by atoms with van der Waals surface area (Å²) < 4.78 is 39.8. The highest BCUT2D eigenvalue weighted by atomic mass is 79.9. The van der Waals surface area contributed by atoms with Crippen LogP contribution in [0.25, 0.3) is 21.9 Å². The van der Waals surface area contributed by atoms with Crippen LogP contribution in [0.4, 0.5) is 13.2 Å². The van der Waals surface area contributed by atoms with Crippen molar-refractivity contribution in [3.05, 3.63) is 63.1 Å². The number of nitriles is 1. The molecule has 0 N–H and O–H groups in total. The van der Waals surface area contributed by atoms with Gasteiger partial charge in [0.15, 0.2) is 0 Å². The first-order chi connectivity index (χ1) is 11.4. The fourth-order valence-corrected chi connectivity index (χ4v) is 3.45. The molecule has 0 aliphatic heterocycles. The molecule has 1 aromatic heterocycles. The number of halogens is 4. The molecule has 0 amide bonds. The third kappa shape index (κ3) is 3.50. The summed E-state index contributed by atoms with van der Waals surface area (Å²) in [5.74, 6) is 0. The molecule has 3 rings (SSSR count). The standard InChI is InChI=1S/C17H8BrF3N2S/c18-13-3-1-2-10(7-13)6-11(9-22)16-23-14-8-12(17(19,20)21)4-5-15(14)24-16/h1-8H. The largest absolute Gasteiger partial charge is 0.416 e. The summed E-state index contributed by atoms with van der Waals surface area (Å²) in [6, 6.07) is 12.8. The molecule has 0 atom stereocenters. The van der Waals surface area contributed by atoms with E-state index in [9.17, 15) is 18.4 Å². The highest BCUT2D eigenvalue weighted by Gasteiger charge is 2.30. The minimum atomic E-state index is -4.41. The van der Waals surface area contributed by atoms with Crippen LogP contribution in [-0.2, 0) is 6.18 Å². The molecular weight excluding hydrogens is 401 g/mol. The van der Waals surface area contributed by atoms with Crippen LogP contribution in [0.2, 0.25) is 0 Å². The Labute approximate surface area is 148 Å². The highest BCUT2D eigenvalue weighted by Crippen LogP contribution is 2.34. The predicted molar refractivity (Wildman–Crippen MR) is 92.2 cm³/mol. The quantitative estimate of drug-likeness (QED) is 0.477. The molecule has 3 aromatic rings. The number of aromatic nitrogens is 1. The number of hydrogen-bond acceptors (Lipinski definition) is 3. The lowest BCUT2D eigenvalue weighted by atomic mass is 10.1. The van der Waals surface area contributed by atoms with Gasteiger partial charge in [0.2, 0.25) is 0 Å². The third-order valence-electron chi connectivity index (χ3n) is 3.23. The van der Waals surface area contributed by atoms with E-state index in [0.717, 1.165) is 22.2 Å². The van der Waals surface area contributed by atoms with Crippen molar-refractivity contribution in [1.29, 1.82) is 5.26 Å². The van der Waals surface area contributed by atoms with E-state index in [0.29, 0.717) is 15.3 Å². The summed E-state index contributed by atoms with van der Waals surface area (Å²) in [6.07, 6.45) is -2.75. The zero-order chi connectivity index (χ0) is 17.3. The Morgan fingerprint density at radius 1 is 1.21 bits per heavy atom. The van der Waals surface area contributed by atoms with Crippen LogP contribution in [0, 0.1) is 11.3 Å². The Bertz CT molecular complexity index is 983. The summed E-state index contributed by atoms with van der Waals surface area (Å²) in [7, 11) is 0. The monoisotopic (exact) mass is 408 g/mol. The molecule has 2 aromatic carbocycles. The van der Waals surface area contributed by atoms with Crippen molar-refractivity contribution in [2.24, 2.45) is 0 Å². The fraction of sp³-hybridized carbons (Fsp3) is 0.0588. The van der Waals surface area contributed by atoms with Gasteiger partial charge in [-0.25, -0.2) is 4.98 Å². The van der Waals surface area contributed by atoms with Crippen molar-refractivity contribution in [3.63, 3.8) is 0 Å². The number of hydrogen-bond donors (Lipinski definition) is 0. The van der Waals surface area contributed by atoms with Crippen LogP contribution in [-0.4, -0.2) is 4.98 Å².